The van der Waals surface area contributed by atoms with E-state index in [0.29, 0.717) is 29.4 Å². The molecular formula is C21H21N7O. The molecule has 0 aromatic carbocycles. The number of aryl methyl sites for hydroxylation is 2. The molecule has 2 aliphatic carbocycles. The lowest BCUT2D eigenvalue weighted by atomic mass is 9.98. The molecule has 1 saturated carbocycles. The molecule has 3 aromatic rings. The molecule has 4 heterocycles. The van der Waals surface area contributed by atoms with Gasteiger partial charge in [0.15, 0.2) is 5.69 Å². The number of hydrogen-bond donors (Lipinski definition) is 1. The van der Waals surface area contributed by atoms with Crippen LogP contribution in [0.25, 0.3) is 16.8 Å². The van der Waals surface area contributed by atoms with Crippen LogP contribution in [0.1, 0.15) is 58.2 Å². The van der Waals surface area contributed by atoms with E-state index in [9.17, 15) is 4.79 Å². The number of nitrogens with zero attached hydrogens (tertiary/aromatic N) is 6. The first-order valence-electron chi connectivity index (χ1n) is 10.1. The van der Waals surface area contributed by atoms with E-state index >= 15 is 0 Å². The van der Waals surface area contributed by atoms with Crippen molar-refractivity contribution in [2.75, 3.05) is 6.54 Å². The van der Waals surface area contributed by atoms with Crippen LogP contribution < -0.4 is 5.32 Å². The van der Waals surface area contributed by atoms with Crippen LogP contribution in [-0.2, 0) is 20.0 Å². The van der Waals surface area contributed by atoms with Crippen molar-refractivity contribution in [3.8, 4) is 11.3 Å². The first-order chi connectivity index (χ1) is 14.2. The van der Waals surface area contributed by atoms with Gasteiger partial charge in [-0.1, -0.05) is 6.08 Å². The molecule has 1 fully saturated rings. The highest BCUT2D eigenvalue weighted by atomic mass is 16.1. The van der Waals surface area contributed by atoms with Crippen molar-refractivity contribution < 1.29 is 4.79 Å². The number of nitrogens with one attached hydrogen (secondary N) is 1. The summed E-state index contributed by atoms with van der Waals surface area (Å²) in [5.41, 5.74) is 7.44. The summed E-state index contributed by atoms with van der Waals surface area (Å²) in [6, 6.07) is 2.05. The minimum atomic E-state index is -0.185. The third kappa shape index (κ3) is 2.70. The number of hydrogen-bond acceptors (Lipinski definition) is 5. The molecule has 6 rings (SSSR count). The number of rotatable bonds is 1. The summed E-state index contributed by atoms with van der Waals surface area (Å²) in [5.74, 6) is 0.376. The van der Waals surface area contributed by atoms with Crippen LogP contribution in [-0.4, -0.2) is 42.2 Å². The minimum absolute atomic E-state index is 0.185. The predicted octanol–water partition coefficient (Wildman–Crippen LogP) is 2.07. The number of amides is 1. The first-order valence-corrected chi connectivity index (χ1v) is 10.1. The van der Waals surface area contributed by atoms with Crippen LogP contribution in [0.3, 0.4) is 0 Å². The van der Waals surface area contributed by atoms with Gasteiger partial charge >= 0.3 is 0 Å². The van der Waals surface area contributed by atoms with E-state index < -0.39 is 0 Å². The summed E-state index contributed by atoms with van der Waals surface area (Å²) in [5, 5.41) is 21.2. The second-order valence-corrected chi connectivity index (χ2v) is 8.05. The molecule has 3 aliphatic rings. The van der Waals surface area contributed by atoms with Crippen LogP contribution >= 0.6 is 0 Å². The van der Waals surface area contributed by atoms with E-state index in [2.05, 4.69) is 39.0 Å². The summed E-state index contributed by atoms with van der Waals surface area (Å²) in [7, 11) is 1.82. The van der Waals surface area contributed by atoms with Crippen molar-refractivity contribution in [3.05, 3.63) is 52.7 Å². The second-order valence-electron chi connectivity index (χ2n) is 8.05. The Morgan fingerprint density at radius 3 is 2.86 bits per heavy atom. The number of carbonyl (C=O) groups is 1. The average molecular weight is 387 g/mol. The molecule has 8 heteroatoms. The molecule has 146 valence electrons. The smallest absolute Gasteiger partial charge is 0.272 e. The van der Waals surface area contributed by atoms with E-state index in [1.807, 2.05) is 17.9 Å². The van der Waals surface area contributed by atoms with Gasteiger partial charge in [0.05, 0.1) is 22.6 Å². The van der Waals surface area contributed by atoms with Crippen molar-refractivity contribution in [1.29, 1.82) is 0 Å². The molecule has 3 aromatic heterocycles. The standard InChI is InChI=1S/C21H21N7O/c1-27-10-16-18-9-14-13(5-6-17(14)23-24-18)15-11-28(26-19(15)12-3-4-12)8-2-7-22-21(29)20(16)25-27/h5,9-12H,2-4,6-8H2,1H3,(H,22,29). The van der Waals surface area contributed by atoms with E-state index in [4.69, 9.17) is 5.10 Å². The molecule has 8 nitrogen and oxygen atoms in total. The Kier molecular flexibility index (Phi) is 3.50. The number of allylic oxidation sites excluding steroid dienone is 1. The van der Waals surface area contributed by atoms with Gasteiger partial charge in [-0.05, 0) is 30.9 Å². The van der Waals surface area contributed by atoms with Crippen molar-refractivity contribution in [2.45, 2.75) is 38.1 Å². The third-order valence-corrected chi connectivity index (χ3v) is 5.87. The molecule has 4 bridgehead atoms. The SMILES string of the molecule is Cn1cc2c(n1)C(=O)NCCCn1cc(c(C3CC3)n1)C1=CCc3nnc-2cc31. The molecule has 29 heavy (non-hydrogen) atoms. The molecule has 1 aliphatic heterocycles. The summed E-state index contributed by atoms with van der Waals surface area (Å²) >= 11 is 0. The lowest BCUT2D eigenvalue weighted by molar-refractivity contribution is 0.0947. The molecule has 0 unspecified atom stereocenters. The normalized spacial score (nSPS) is 18.1. The maximum Gasteiger partial charge on any atom is 0.272 e. The van der Waals surface area contributed by atoms with Gasteiger partial charge in [0.25, 0.3) is 5.91 Å². The molecule has 1 N–H and O–H groups in total. The van der Waals surface area contributed by atoms with Crippen molar-refractivity contribution >= 4 is 11.5 Å². The Balaban J connectivity index is 1.54. The fraction of sp³-hybridized carbons (Fsp3) is 0.381. The minimum Gasteiger partial charge on any atom is -0.351 e. The maximum atomic E-state index is 12.7. The summed E-state index contributed by atoms with van der Waals surface area (Å²) in [6.45, 7) is 1.34. The Hall–Kier alpha value is -3.29. The lowest BCUT2D eigenvalue weighted by Crippen LogP contribution is -2.26. The van der Waals surface area contributed by atoms with Gasteiger partial charge in [-0.25, -0.2) is 0 Å². The Labute approximate surface area is 167 Å². The monoisotopic (exact) mass is 387 g/mol. The van der Waals surface area contributed by atoms with Gasteiger partial charge in [-0.2, -0.15) is 20.4 Å². The Bertz CT molecular complexity index is 1180. The third-order valence-electron chi connectivity index (χ3n) is 5.87. The molecule has 0 radical (unpaired) electrons. The van der Waals surface area contributed by atoms with Crippen LogP contribution in [0.5, 0.6) is 0 Å². The van der Waals surface area contributed by atoms with Crippen LogP contribution in [0.4, 0.5) is 0 Å². The summed E-state index contributed by atoms with van der Waals surface area (Å²) < 4.78 is 3.68. The fourth-order valence-electron chi connectivity index (χ4n) is 4.28. The number of aromatic nitrogens is 6. The van der Waals surface area contributed by atoms with Gasteiger partial charge in [0, 0.05) is 56.0 Å². The Morgan fingerprint density at radius 2 is 2.00 bits per heavy atom. The topological polar surface area (TPSA) is 90.5 Å². The largest absolute Gasteiger partial charge is 0.351 e. The molecule has 1 amide bonds. The molecular weight excluding hydrogens is 366 g/mol. The van der Waals surface area contributed by atoms with E-state index in [1.54, 1.807) is 4.68 Å². The molecule has 0 spiro atoms. The zero-order valence-electron chi connectivity index (χ0n) is 16.2. The zero-order valence-corrected chi connectivity index (χ0v) is 16.2. The quantitative estimate of drug-likeness (QED) is 0.690. The first kappa shape index (κ1) is 16.6. The van der Waals surface area contributed by atoms with Gasteiger partial charge < -0.3 is 5.32 Å². The lowest BCUT2D eigenvalue weighted by Gasteiger charge is -2.09. The number of fused-ring (bicyclic) bond motifs is 6. The number of carbonyl (C=O) groups excluding carboxylic acids is 1. The van der Waals surface area contributed by atoms with Gasteiger partial charge in [-0.3, -0.25) is 14.2 Å². The van der Waals surface area contributed by atoms with E-state index in [-0.39, 0.29) is 5.91 Å². The van der Waals surface area contributed by atoms with Crippen molar-refractivity contribution in [2.24, 2.45) is 7.05 Å². The average Bonchev–Trinajstić information content (AvgIpc) is 3.16. The summed E-state index contributed by atoms with van der Waals surface area (Å²) in [4.78, 5) is 12.7. The van der Waals surface area contributed by atoms with Gasteiger partial charge in [-0.15, -0.1) is 0 Å². The summed E-state index contributed by atoms with van der Waals surface area (Å²) in [6.07, 6.45) is 10.2. The van der Waals surface area contributed by atoms with Crippen LogP contribution in [0.15, 0.2) is 24.5 Å². The second kappa shape index (κ2) is 6.10. The van der Waals surface area contributed by atoms with Crippen molar-refractivity contribution in [1.82, 2.24) is 35.1 Å². The zero-order chi connectivity index (χ0) is 19.5. The van der Waals surface area contributed by atoms with E-state index in [0.717, 1.165) is 30.6 Å². The molecule has 0 saturated heterocycles. The Morgan fingerprint density at radius 1 is 1.10 bits per heavy atom. The van der Waals surface area contributed by atoms with Gasteiger partial charge in [0.1, 0.15) is 0 Å². The highest BCUT2D eigenvalue weighted by Crippen LogP contribution is 2.45. The fourth-order valence-corrected chi connectivity index (χ4v) is 4.28. The maximum absolute atomic E-state index is 12.7. The predicted molar refractivity (Wildman–Crippen MR) is 106 cm³/mol. The highest BCUT2D eigenvalue weighted by Gasteiger charge is 2.32. The van der Waals surface area contributed by atoms with Crippen molar-refractivity contribution in [3.63, 3.8) is 0 Å². The molecule has 0 atom stereocenters. The van der Waals surface area contributed by atoms with Crippen LogP contribution in [0, 0.1) is 0 Å². The van der Waals surface area contributed by atoms with Crippen LogP contribution in [0.2, 0.25) is 0 Å². The van der Waals surface area contributed by atoms with Gasteiger partial charge in [0.2, 0.25) is 0 Å². The highest BCUT2D eigenvalue weighted by molar-refractivity contribution is 5.99. The van der Waals surface area contributed by atoms with E-state index in [1.165, 1.54) is 29.7 Å².